The Morgan fingerprint density at radius 3 is 2.82 bits per heavy atom. The van der Waals surface area contributed by atoms with E-state index in [4.69, 9.17) is 0 Å². The van der Waals surface area contributed by atoms with Gasteiger partial charge in [-0.3, -0.25) is 0 Å². The first-order valence-electron chi connectivity index (χ1n) is 5.86. The standard InChI is InChI=1S/C13H17BrFNO/c1-13(8-17,16-7-9-2-3-9)11-6-10(14)4-5-12(11)15/h4-6,9,16-17H,2-3,7-8H2,1H3. The Hall–Kier alpha value is -0.450. The van der Waals surface area contributed by atoms with Crippen LogP contribution in [-0.2, 0) is 5.54 Å². The molecule has 0 aromatic heterocycles. The van der Waals surface area contributed by atoms with Crippen LogP contribution in [0.3, 0.4) is 0 Å². The number of rotatable bonds is 5. The highest BCUT2D eigenvalue weighted by molar-refractivity contribution is 9.10. The Bertz CT molecular complexity index is 408. The van der Waals surface area contributed by atoms with Crippen LogP contribution in [-0.4, -0.2) is 18.3 Å². The van der Waals surface area contributed by atoms with Crippen molar-refractivity contribution in [1.29, 1.82) is 0 Å². The van der Waals surface area contributed by atoms with Crippen molar-refractivity contribution in [3.8, 4) is 0 Å². The summed E-state index contributed by atoms with van der Waals surface area (Å²) in [5.74, 6) is 0.407. The topological polar surface area (TPSA) is 32.3 Å². The number of aliphatic hydroxyl groups excluding tert-OH is 1. The summed E-state index contributed by atoms with van der Waals surface area (Å²) in [4.78, 5) is 0. The molecule has 0 spiro atoms. The van der Waals surface area contributed by atoms with Crippen molar-refractivity contribution in [2.24, 2.45) is 5.92 Å². The molecule has 2 N–H and O–H groups in total. The van der Waals surface area contributed by atoms with Crippen molar-refractivity contribution in [1.82, 2.24) is 5.32 Å². The van der Waals surface area contributed by atoms with E-state index in [1.807, 2.05) is 6.92 Å². The second-order valence-corrected chi connectivity index (χ2v) is 5.85. The van der Waals surface area contributed by atoms with Crippen LogP contribution in [0.2, 0.25) is 0 Å². The van der Waals surface area contributed by atoms with E-state index < -0.39 is 5.54 Å². The third kappa shape index (κ3) is 3.06. The average Bonchev–Trinajstić information content (AvgIpc) is 3.13. The van der Waals surface area contributed by atoms with Gasteiger partial charge in [-0.05, 0) is 50.4 Å². The second kappa shape index (κ2) is 5.04. The van der Waals surface area contributed by atoms with Gasteiger partial charge in [-0.25, -0.2) is 4.39 Å². The minimum Gasteiger partial charge on any atom is -0.394 e. The second-order valence-electron chi connectivity index (χ2n) is 4.94. The van der Waals surface area contributed by atoms with Crippen molar-refractivity contribution in [2.75, 3.05) is 13.2 Å². The first kappa shape index (κ1) is 13.0. The van der Waals surface area contributed by atoms with Gasteiger partial charge in [0.15, 0.2) is 0 Å². The first-order chi connectivity index (χ1) is 8.05. The van der Waals surface area contributed by atoms with Gasteiger partial charge in [-0.2, -0.15) is 0 Å². The molecule has 94 valence electrons. The number of hydrogen-bond donors (Lipinski definition) is 2. The Kier molecular flexibility index (Phi) is 3.85. The van der Waals surface area contributed by atoms with Crippen molar-refractivity contribution < 1.29 is 9.50 Å². The zero-order valence-corrected chi connectivity index (χ0v) is 11.4. The van der Waals surface area contributed by atoms with E-state index in [0.29, 0.717) is 11.5 Å². The minimum absolute atomic E-state index is 0.118. The highest BCUT2D eigenvalue weighted by Crippen LogP contribution is 2.31. The molecule has 0 radical (unpaired) electrons. The van der Waals surface area contributed by atoms with E-state index in [0.717, 1.165) is 11.0 Å². The highest BCUT2D eigenvalue weighted by atomic mass is 79.9. The van der Waals surface area contributed by atoms with Crippen molar-refractivity contribution in [3.63, 3.8) is 0 Å². The molecule has 1 aliphatic carbocycles. The fraction of sp³-hybridized carbons (Fsp3) is 0.538. The molecule has 2 nitrogen and oxygen atoms in total. The number of halogens is 2. The fourth-order valence-corrected chi connectivity index (χ4v) is 2.21. The largest absolute Gasteiger partial charge is 0.394 e. The SMILES string of the molecule is CC(CO)(NCC1CC1)c1cc(Br)ccc1F. The Balaban J connectivity index is 2.21. The Labute approximate surface area is 109 Å². The van der Waals surface area contributed by atoms with Crippen molar-refractivity contribution in [2.45, 2.75) is 25.3 Å². The van der Waals surface area contributed by atoms with E-state index in [9.17, 15) is 9.50 Å². The predicted octanol–water partition coefficient (Wildman–Crippen LogP) is 2.80. The number of aliphatic hydroxyl groups is 1. The monoisotopic (exact) mass is 301 g/mol. The summed E-state index contributed by atoms with van der Waals surface area (Å²) < 4.78 is 14.6. The van der Waals surface area contributed by atoms with Crippen molar-refractivity contribution >= 4 is 15.9 Å². The molecule has 1 fully saturated rings. The van der Waals surface area contributed by atoms with E-state index in [1.165, 1.54) is 18.9 Å². The Morgan fingerprint density at radius 2 is 2.24 bits per heavy atom. The van der Waals surface area contributed by atoms with E-state index >= 15 is 0 Å². The average molecular weight is 302 g/mol. The zero-order valence-electron chi connectivity index (χ0n) is 9.84. The molecule has 1 atom stereocenters. The molecular weight excluding hydrogens is 285 g/mol. The van der Waals surface area contributed by atoms with Gasteiger partial charge in [0.2, 0.25) is 0 Å². The molecule has 0 aliphatic heterocycles. The molecule has 0 saturated heterocycles. The quantitative estimate of drug-likeness (QED) is 0.876. The van der Waals surface area contributed by atoms with Gasteiger partial charge < -0.3 is 10.4 Å². The lowest BCUT2D eigenvalue weighted by Gasteiger charge is -2.30. The summed E-state index contributed by atoms with van der Waals surface area (Å²) in [5, 5.41) is 12.8. The van der Waals surface area contributed by atoms with Gasteiger partial charge in [0.05, 0.1) is 12.1 Å². The van der Waals surface area contributed by atoms with Gasteiger partial charge in [0.1, 0.15) is 5.82 Å². The van der Waals surface area contributed by atoms with Gasteiger partial charge in [0, 0.05) is 10.0 Å². The van der Waals surface area contributed by atoms with E-state index in [2.05, 4.69) is 21.2 Å². The molecular formula is C13H17BrFNO. The lowest BCUT2D eigenvalue weighted by atomic mass is 9.92. The molecule has 1 saturated carbocycles. The number of nitrogens with one attached hydrogen (secondary N) is 1. The minimum atomic E-state index is -0.712. The lowest BCUT2D eigenvalue weighted by Crippen LogP contribution is -2.44. The number of hydrogen-bond acceptors (Lipinski definition) is 2. The van der Waals surface area contributed by atoms with Crippen LogP contribution >= 0.6 is 15.9 Å². The van der Waals surface area contributed by atoms with Crippen LogP contribution in [0.4, 0.5) is 4.39 Å². The van der Waals surface area contributed by atoms with E-state index in [1.54, 1.807) is 12.1 Å². The molecule has 2 rings (SSSR count). The zero-order chi connectivity index (χ0) is 12.5. The summed E-state index contributed by atoms with van der Waals surface area (Å²) in [6.07, 6.45) is 2.46. The Morgan fingerprint density at radius 1 is 1.53 bits per heavy atom. The molecule has 1 unspecified atom stereocenters. The van der Waals surface area contributed by atoms with Crippen LogP contribution < -0.4 is 5.32 Å². The molecule has 1 aliphatic rings. The maximum atomic E-state index is 13.8. The molecule has 1 aromatic rings. The maximum Gasteiger partial charge on any atom is 0.128 e. The normalized spacial score (nSPS) is 19.1. The van der Waals surface area contributed by atoms with Gasteiger partial charge >= 0.3 is 0 Å². The highest BCUT2D eigenvalue weighted by Gasteiger charge is 2.31. The van der Waals surface area contributed by atoms with Gasteiger partial charge in [-0.1, -0.05) is 15.9 Å². The third-order valence-electron chi connectivity index (χ3n) is 3.32. The summed E-state index contributed by atoms with van der Waals surface area (Å²) in [6.45, 7) is 2.55. The first-order valence-corrected chi connectivity index (χ1v) is 6.66. The maximum absolute atomic E-state index is 13.8. The molecule has 0 heterocycles. The fourth-order valence-electron chi connectivity index (χ4n) is 1.85. The summed E-state index contributed by atoms with van der Waals surface area (Å²) in [6, 6.07) is 4.81. The van der Waals surface area contributed by atoms with Crippen molar-refractivity contribution in [3.05, 3.63) is 34.1 Å². The van der Waals surface area contributed by atoms with Crippen LogP contribution in [0, 0.1) is 11.7 Å². The number of benzene rings is 1. The third-order valence-corrected chi connectivity index (χ3v) is 3.81. The van der Waals surface area contributed by atoms with Gasteiger partial charge in [-0.15, -0.1) is 0 Å². The van der Waals surface area contributed by atoms with Crippen LogP contribution in [0.5, 0.6) is 0 Å². The molecule has 0 bridgehead atoms. The van der Waals surface area contributed by atoms with Crippen LogP contribution in [0.1, 0.15) is 25.3 Å². The van der Waals surface area contributed by atoms with Crippen LogP contribution in [0.25, 0.3) is 0 Å². The molecule has 0 amide bonds. The summed E-state index contributed by atoms with van der Waals surface area (Å²) >= 11 is 3.33. The summed E-state index contributed by atoms with van der Waals surface area (Å²) in [5.41, 5.74) is -0.203. The molecule has 17 heavy (non-hydrogen) atoms. The smallest absolute Gasteiger partial charge is 0.128 e. The molecule has 1 aromatic carbocycles. The van der Waals surface area contributed by atoms with E-state index in [-0.39, 0.29) is 12.4 Å². The predicted molar refractivity (Wildman–Crippen MR) is 69.3 cm³/mol. The summed E-state index contributed by atoms with van der Waals surface area (Å²) in [7, 11) is 0. The lowest BCUT2D eigenvalue weighted by molar-refractivity contribution is 0.170. The van der Waals surface area contributed by atoms with Crippen LogP contribution in [0.15, 0.2) is 22.7 Å². The molecule has 4 heteroatoms. The van der Waals surface area contributed by atoms with Gasteiger partial charge in [0.25, 0.3) is 0 Å².